The molecule has 0 saturated heterocycles. The highest BCUT2D eigenvalue weighted by Gasteiger charge is 2.24. The van der Waals surface area contributed by atoms with Crippen molar-refractivity contribution in [2.75, 3.05) is 0 Å². The van der Waals surface area contributed by atoms with Crippen LogP contribution in [0.5, 0.6) is 0 Å². The van der Waals surface area contributed by atoms with Gasteiger partial charge in [-0.2, -0.15) is 5.26 Å². The first-order valence-corrected chi connectivity index (χ1v) is 13.4. The number of aromatic nitrogens is 6. The topological polar surface area (TPSA) is 68.2 Å². The second kappa shape index (κ2) is 8.57. The number of fused-ring (bicyclic) bond motifs is 10. The lowest BCUT2D eigenvalue weighted by atomic mass is 10.1. The van der Waals surface area contributed by atoms with Crippen molar-refractivity contribution in [2.45, 2.75) is 6.92 Å². The predicted octanol–water partition coefficient (Wildman–Crippen LogP) is 7.68. The van der Waals surface area contributed by atoms with Gasteiger partial charge in [-0.15, -0.1) is 0 Å². The summed E-state index contributed by atoms with van der Waals surface area (Å²) in [5, 5.41) is 10.8. The number of nitrogens with zero attached hydrogens (tertiary/aromatic N) is 7. The largest absolute Gasteiger partial charge is 0.277 e. The molecule has 0 bridgehead atoms. The van der Waals surface area contributed by atoms with E-state index >= 15 is 0 Å². The molecular formula is C34H23N7. The van der Waals surface area contributed by atoms with Crippen molar-refractivity contribution in [3.8, 4) is 6.07 Å². The number of hydrogen-bond donors (Lipinski definition) is 0. The molecule has 0 atom stereocenters. The van der Waals surface area contributed by atoms with E-state index in [1.54, 1.807) is 0 Å². The van der Waals surface area contributed by atoms with Gasteiger partial charge in [0.05, 0.1) is 61.1 Å². The summed E-state index contributed by atoms with van der Waals surface area (Å²) in [5.41, 5.74) is 9.31. The van der Waals surface area contributed by atoms with Crippen molar-refractivity contribution in [3.05, 3.63) is 121 Å². The second-order valence-corrected chi connectivity index (χ2v) is 9.94. The SMILES string of the molecule is C=C(/C(C#N)=C(\C=C/C)n1c2ccccc2n2c3ccccc3nc12)n1c2ccccc2n2c3ccccc3nc12. The molecule has 0 aliphatic rings. The van der Waals surface area contributed by atoms with Crippen molar-refractivity contribution in [3.63, 3.8) is 0 Å². The quantitative estimate of drug-likeness (QED) is 0.173. The number of rotatable bonds is 4. The van der Waals surface area contributed by atoms with Crippen LogP contribution >= 0.6 is 0 Å². The predicted molar refractivity (Wildman–Crippen MR) is 165 cm³/mol. The lowest BCUT2D eigenvalue weighted by Crippen LogP contribution is -2.05. The number of imidazole rings is 4. The van der Waals surface area contributed by atoms with Gasteiger partial charge < -0.3 is 0 Å². The molecule has 0 fully saturated rings. The van der Waals surface area contributed by atoms with Gasteiger partial charge in [0.2, 0.25) is 11.6 Å². The minimum Gasteiger partial charge on any atom is -0.277 e. The molecule has 0 N–H and O–H groups in total. The van der Waals surface area contributed by atoms with Crippen molar-refractivity contribution >= 4 is 67.1 Å². The summed E-state index contributed by atoms with van der Waals surface area (Å²) in [4.78, 5) is 10.00. The summed E-state index contributed by atoms with van der Waals surface area (Å²) in [6, 6.07) is 35.0. The smallest absolute Gasteiger partial charge is 0.220 e. The van der Waals surface area contributed by atoms with Crippen molar-refractivity contribution < 1.29 is 0 Å². The van der Waals surface area contributed by atoms with Gasteiger partial charge >= 0.3 is 0 Å². The zero-order valence-corrected chi connectivity index (χ0v) is 22.2. The first kappa shape index (κ1) is 23.1. The van der Waals surface area contributed by atoms with Crippen molar-refractivity contribution in [1.82, 2.24) is 27.9 Å². The molecule has 7 heteroatoms. The van der Waals surface area contributed by atoms with Crippen LogP contribution in [0.4, 0.5) is 0 Å². The maximum atomic E-state index is 10.8. The fourth-order valence-corrected chi connectivity index (χ4v) is 6.01. The Labute approximate surface area is 234 Å². The van der Waals surface area contributed by atoms with Crippen LogP contribution in [0.2, 0.25) is 0 Å². The maximum absolute atomic E-state index is 10.8. The molecule has 0 aliphatic heterocycles. The van der Waals surface area contributed by atoms with Crippen LogP contribution in [0.15, 0.2) is 121 Å². The van der Waals surface area contributed by atoms with E-state index in [1.807, 2.05) is 90.4 Å². The van der Waals surface area contributed by atoms with E-state index in [0.717, 1.165) is 49.9 Å². The summed E-state index contributed by atoms with van der Waals surface area (Å²) >= 11 is 0. The maximum Gasteiger partial charge on any atom is 0.220 e. The lowest BCUT2D eigenvalue weighted by molar-refractivity contribution is 1.11. The van der Waals surface area contributed by atoms with Gasteiger partial charge in [0.15, 0.2) is 0 Å². The molecule has 4 aromatic heterocycles. The highest BCUT2D eigenvalue weighted by molar-refractivity contribution is 5.99. The minimum atomic E-state index is 0.425. The Morgan fingerprint density at radius 1 is 0.659 bits per heavy atom. The second-order valence-electron chi connectivity index (χ2n) is 9.94. The Hall–Kier alpha value is -5.87. The van der Waals surface area contributed by atoms with E-state index in [0.29, 0.717) is 22.7 Å². The summed E-state index contributed by atoms with van der Waals surface area (Å²) in [6.45, 7) is 6.46. The van der Waals surface area contributed by atoms with E-state index in [9.17, 15) is 5.26 Å². The average molecular weight is 530 g/mol. The Bertz CT molecular complexity index is 2470. The third kappa shape index (κ3) is 3.07. The number of para-hydroxylation sites is 8. The summed E-state index contributed by atoms with van der Waals surface area (Å²) in [7, 11) is 0. The van der Waals surface area contributed by atoms with Gasteiger partial charge in [0, 0.05) is 0 Å². The van der Waals surface area contributed by atoms with Gasteiger partial charge in [-0.1, -0.05) is 61.2 Å². The molecule has 0 radical (unpaired) electrons. The van der Waals surface area contributed by atoms with Crippen LogP contribution in [0.3, 0.4) is 0 Å². The fourth-order valence-electron chi connectivity index (χ4n) is 6.01. The molecule has 0 unspecified atom stereocenters. The molecule has 4 aromatic carbocycles. The molecule has 8 rings (SSSR count). The molecule has 7 nitrogen and oxygen atoms in total. The first-order chi connectivity index (χ1) is 20.2. The lowest BCUT2D eigenvalue weighted by Gasteiger charge is -2.14. The molecule has 0 spiro atoms. The zero-order valence-electron chi connectivity index (χ0n) is 22.2. The Morgan fingerprint density at radius 3 is 1.61 bits per heavy atom. The van der Waals surface area contributed by atoms with Crippen LogP contribution in [-0.2, 0) is 0 Å². The monoisotopic (exact) mass is 529 g/mol. The Kier molecular flexibility index (Phi) is 4.82. The molecule has 8 aromatic rings. The highest BCUT2D eigenvalue weighted by Crippen LogP contribution is 2.35. The summed E-state index contributed by atoms with van der Waals surface area (Å²) in [5.74, 6) is 1.44. The molecular weight excluding hydrogens is 506 g/mol. The summed E-state index contributed by atoms with van der Waals surface area (Å²) < 4.78 is 8.33. The van der Waals surface area contributed by atoms with Crippen molar-refractivity contribution in [1.29, 1.82) is 5.26 Å². The van der Waals surface area contributed by atoms with Gasteiger partial charge in [-0.05, 0) is 61.5 Å². The first-order valence-electron chi connectivity index (χ1n) is 13.4. The van der Waals surface area contributed by atoms with Crippen LogP contribution in [0.25, 0.3) is 67.1 Å². The molecule has 41 heavy (non-hydrogen) atoms. The van der Waals surface area contributed by atoms with Crippen LogP contribution in [-0.4, -0.2) is 27.9 Å². The third-order valence-electron chi connectivity index (χ3n) is 7.71. The van der Waals surface area contributed by atoms with E-state index in [4.69, 9.17) is 9.97 Å². The Morgan fingerprint density at radius 2 is 1.10 bits per heavy atom. The summed E-state index contributed by atoms with van der Waals surface area (Å²) in [6.07, 6.45) is 3.90. The number of benzene rings is 4. The standard InChI is InChI=1S/C34H23N7/c1-3-12-26(39-31-19-10-11-20-32(31)41-28-16-7-5-14-25(28)37-34(39)41)23(21-35)22(2)38-29-17-8-9-18-30(29)40-27-15-6-4-13-24(27)36-33(38)40/h3-20H,2H2,1H3/b12-3-,26-23+. The van der Waals surface area contributed by atoms with E-state index < -0.39 is 0 Å². The third-order valence-corrected chi connectivity index (χ3v) is 7.71. The molecule has 0 aliphatic carbocycles. The normalized spacial score (nSPS) is 12.9. The minimum absolute atomic E-state index is 0.425. The van der Waals surface area contributed by atoms with Crippen molar-refractivity contribution in [2.24, 2.45) is 0 Å². The molecule has 0 amide bonds. The van der Waals surface area contributed by atoms with Gasteiger partial charge in [-0.3, -0.25) is 17.9 Å². The highest BCUT2D eigenvalue weighted by atomic mass is 15.2. The Balaban J connectivity index is 1.49. The average Bonchev–Trinajstić information content (AvgIpc) is 3.73. The molecule has 4 heterocycles. The van der Waals surface area contributed by atoms with Crippen LogP contribution in [0.1, 0.15) is 6.92 Å². The van der Waals surface area contributed by atoms with E-state index in [1.165, 1.54) is 0 Å². The van der Waals surface area contributed by atoms with Gasteiger partial charge in [0.25, 0.3) is 0 Å². The molecule has 194 valence electrons. The van der Waals surface area contributed by atoms with Gasteiger partial charge in [-0.25, -0.2) is 9.97 Å². The number of allylic oxidation sites excluding steroid dienone is 5. The van der Waals surface area contributed by atoms with Crippen LogP contribution < -0.4 is 0 Å². The number of nitriles is 1. The fraction of sp³-hybridized carbons (Fsp3) is 0.0294. The van der Waals surface area contributed by atoms with Gasteiger partial charge in [0.1, 0.15) is 6.07 Å². The molecule has 0 saturated carbocycles. The van der Waals surface area contributed by atoms with E-state index in [-0.39, 0.29) is 0 Å². The van der Waals surface area contributed by atoms with E-state index in [2.05, 4.69) is 56.3 Å². The zero-order chi connectivity index (χ0) is 27.7. The number of hydrogen-bond acceptors (Lipinski definition) is 3. The van der Waals surface area contributed by atoms with Crippen LogP contribution in [0, 0.1) is 11.3 Å².